The summed E-state index contributed by atoms with van der Waals surface area (Å²) in [5.74, 6) is 0.440. The van der Waals surface area contributed by atoms with Gasteiger partial charge < -0.3 is 10.1 Å². The first-order valence-corrected chi connectivity index (χ1v) is 11.0. The maximum atomic E-state index is 12.8. The summed E-state index contributed by atoms with van der Waals surface area (Å²) in [6, 6.07) is 21.4. The molecule has 152 valence electrons. The van der Waals surface area contributed by atoms with Crippen LogP contribution < -0.4 is 10.1 Å². The molecule has 3 aromatic carbocycles. The van der Waals surface area contributed by atoms with Gasteiger partial charge in [-0.1, -0.05) is 31.5 Å². The fraction of sp³-hybridized carbons (Fsp3) is 0.200. The molecule has 0 aliphatic heterocycles. The maximum absolute atomic E-state index is 12.8. The zero-order valence-electron chi connectivity index (χ0n) is 17.1. The number of anilines is 1. The molecule has 0 radical (unpaired) electrons. The lowest BCUT2D eigenvalue weighted by atomic mass is 10.1. The molecule has 0 spiro atoms. The van der Waals surface area contributed by atoms with Crippen LogP contribution in [0.1, 0.15) is 35.7 Å². The molecule has 0 bridgehead atoms. The van der Waals surface area contributed by atoms with Gasteiger partial charge in [0.2, 0.25) is 0 Å². The fourth-order valence-electron chi connectivity index (χ4n) is 3.16. The molecule has 1 aromatic heterocycles. The number of para-hydroxylation sites is 1. The molecule has 0 fully saturated rings. The number of unbranched alkanes of at least 4 members (excludes halogenated alkanes) is 1. The molecule has 0 aliphatic rings. The number of nitrogens with one attached hydrogen (secondary N) is 1. The first-order chi connectivity index (χ1) is 14.6. The lowest BCUT2D eigenvalue weighted by molar-refractivity contribution is 0.102. The summed E-state index contributed by atoms with van der Waals surface area (Å²) >= 11 is 1.68. The van der Waals surface area contributed by atoms with Gasteiger partial charge in [-0.25, -0.2) is 4.98 Å². The topological polar surface area (TPSA) is 51.2 Å². The van der Waals surface area contributed by atoms with E-state index in [1.165, 1.54) is 10.3 Å². The molecule has 1 heterocycles. The summed E-state index contributed by atoms with van der Waals surface area (Å²) in [5, 5.41) is 3.94. The van der Waals surface area contributed by atoms with Gasteiger partial charge in [-0.05, 0) is 67.4 Å². The maximum Gasteiger partial charge on any atom is 0.259 e. The summed E-state index contributed by atoms with van der Waals surface area (Å²) in [7, 11) is 0. The third kappa shape index (κ3) is 4.52. The molecule has 0 unspecified atom stereocenters. The highest BCUT2D eigenvalue weighted by atomic mass is 32.1. The smallest absolute Gasteiger partial charge is 0.259 e. The number of aryl methyl sites for hydroxylation is 1. The number of fused-ring (bicyclic) bond motifs is 1. The number of ether oxygens (including phenoxy) is 1. The molecule has 1 amide bonds. The van der Waals surface area contributed by atoms with Crippen LogP contribution in [0.5, 0.6) is 5.75 Å². The summed E-state index contributed by atoms with van der Waals surface area (Å²) in [4.78, 5) is 17.5. The van der Waals surface area contributed by atoms with Gasteiger partial charge in [-0.2, -0.15) is 0 Å². The fourth-order valence-corrected chi connectivity index (χ4v) is 4.23. The zero-order chi connectivity index (χ0) is 20.9. The second-order valence-corrected chi connectivity index (χ2v) is 8.25. The number of carbonyl (C=O) groups is 1. The Morgan fingerprint density at radius 3 is 2.67 bits per heavy atom. The predicted molar refractivity (Wildman–Crippen MR) is 125 cm³/mol. The SMILES string of the molecule is CCCCOc1ccccc1C(=O)Nc1ccc(-c2nc3ccc(C)cc3s2)cc1. The molecular weight excluding hydrogens is 392 g/mol. The van der Waals surface area contributed by atoms with Crippen molar-refractivity contribution in [3.63, 3.8) is 0 Å². The molecule has 1 N–H and O–H groups in total. The van der Waals surface area contributed by atoms with Gasteiger partial charge in [0, 0.05) is 11.3 Å². The van der Waals surface area contributed by atoms with Crippen molar-refractivity contribution in [2.75, 3.05) is 11.9 Å². The normalized spacial score (nSPS) is 10.9. The van der Waals surface area contributed by atoms with Crippen molar-refractivity contribution in [2.45, 2.75) is 26.7 Å². The lowest BCUT2D eigenvalue weighted by Gasteiger charge is -2.11. The van der Waals surface area contributed by atoms with E-state index in [1.807, 2.05) is 42.5 Å². The van der Waals surface area contributed by atoms with Gasteiger partial charge in [0.15, 0.2) is 0 Å². The van der Waals surface area contributed by atoms with Crippen molar-refractivity contribution in [3.05, 3.63) is 77.9 Å². The van der Waals surface area contributed by atoms with E-state index >= 15 is 0 Å². The minimum absolute atomic E-state index is 0.176. The second kappa shape index (κ2) is 9.09. The third-order valence-corrected chi connectivity index (χ3v) is 5.89. The van der Waals surface area contributed by atoms with Crippen LogP contribution in [0.25, 0.3) is 20.8 Å². The van der Waals surface area contributed by atoms with Crippen LogP contribution in [0.2, 0.25) is 0 Å². The molecule has 0 saturated heterocycles. The number of benzene rings is 3. The molecular formula is C25H24N2O2S. The number of hydrogen-bond acceptors (Lipinski definition) is 4. The monoisotopic (exact) mass is 416 g/mol. The highest BCUT2D eigenvalue weighted by Crippen LogP contribution is 2.31. The number of nitrogens with zero attached hydrogens (tertiary/aromatic N) is 1. The zero-order valence-corrected chi connectivity index (χ0v) is 18.0. The standard InChI is InChI=1S/C25H24N2O2S/c1-3-4-15-29-22-8-6-5-7-20(22)24(28)26-19-12-10-18(11-13-19)25-27-21-14-9-17(2)16-23(21)30-25/h5-14,16H,3-4,15H2,1-2H3,(H,26,28). The largest absolute Gasteiger partial charge is 0.493 e. The van der Waals surface area contributed by atoms with E-state index in [0.717, 1.165) is 34.6 Å². The Labute approximate surface area is 180 Å². The summed E-state index contributed by atoms with van der Waals surface area (Å²) in [6.07, 6.45) is 2.01. The van der Waals surface area contributed by atoms with Gasteiger partial charge in [0.05, 0.1) is 22.4 Å². The summed E-state index contributed by atoms with van der Waals surface area (Å²) in [6.45, 7) is 4.81. The van der Waals surface area contributed by atoms with Crippen molar-refractivity contribution in [3.8, 4) is 16.3 Å². The van der Waals surface area contributed by atoms with Gasteiger partial charge in [-0.15, -0.1) is 11.3 Å². The second-order valence-electron chi connectivity index (χ2n) is 7.22. The summed E-state index contributed by atoms with van der Waals surface area (Å²) < 4.78 is 6.97. The Balaban J connectivity index is 1.49. The number of rotatable bonds is 7. The van der Waals surface area contributed by atoms with E-state index in [-0.39, 0.29) is 5.91 Å². The van der Waals surface area contributed by atoms with Crippen LogP contribution in [0, 0.1) is 6.92 Å². The van der Waals surface area contributed by atoms with Gasteiger partial charge in [0.1, 0.15) is 10.8 Å². The minimum Gasteiger partial charge on any atom is -0.493 e. The highest BCUT2D eigenvalue weighted by Gasteiger charge is 2.13. The molecule has 0 atom stereocenters. The Bertz CT molecular complexity index is 1170. The van der Waals surface area contributed by atoms with Crippen molar-refractivity contribution >= 4 is 33.1 Å². The first-order valence-electron chi connectivity index (χ1n) is 10.1. The van der Waals surface area contributed by atoms with Crippen LogP contribution in [-0.2, 0) is 0 Å². The Hall–Kier alpha value is -3.18. The van der Waals surface area contributed by atoms with E-state index in [1.54, 1.807) is 17.4 Å². The van der Waals surface area contributed by atoms with E-state index in [2.05, 4.69) is 37.4 Å². The Morgan fingerprint density at radius 1 is 1.07 bits per heavy atom. The molecule has 5 heteroatoms. The molecule has 0 aliphatic carbocycles. The van der Waals surface area contributed by atoms with Crippen molar-refractivity contribution < 1.29 is 9.53 Å². The number of aromatic nitrogens is 1. The molecule has 0 saturated carbocycles. The molecule has 4 aromatic rings. The van der Waals surface area contributed by atoms with E-state index in [0.29, 0.717) is 17.9 Å². The first kappa shape index (κ1) is 20.1. The average Bonchev–Trinajstić information content (AvgIpc) is 3.18. The van der Waals surface area contributed by atoms with Crippen LogP contribution in [-0.4, -0.2) is 17.5 Å². The number of hydrogen-bond donors (Lipinski definition) is 1. The Morgan fingerprint density at radius 2 is 1.87 bits per heavy atom. The molecule has 4 rings (SSSR count). The van der Waals surface area contributed by atoms with E-state index in [4.69, 9.17) is 9.72 Å². The van der Waals surface area contributed by atoms with Crippen LogP contribution >= 0.6 is 11.3 Å². The molecule has 30 heavy (non-hydrogen) atoms. The minimum atomic E-state index is -0.176. The van der Waals surface area contributed by atoms with E-state index in [9.17, 15) is 4.79 Å². The van der Waals surface area contributed by atoms with Crippen molar-refractivity contribution in [1.29, 1.82) is 0 Å². The van der Waals surface area contributed by atoms with Crippen LogP contribution in [0.15, 0.2) is 66.7 Å². The number of carbonyl (C=O) groups excluding carboxylic acids is 1. The quantitative estimate of drug-likeness (QED) is 0.341. The Kier molecular flexibility index (Phi) is 6.10. The highest BCUT2D eigenvalue weighted by molar-refractivity contribution is 7.21. The number of amides is 1. The van der Waals surface area contributed by atoms with Crippen LogP contribution in [0.3, 0.4) is 0 Å². The van der Waals surface area contributed by atoms with Gasteiger partial charge in [-0.3, -0.25) is 4.79 Å². The average molecular weight is 417 g/mol. The number of thiazole rings is 1. The third-order valence-electron chi connectivity index (χ3n) is 4.82. The predicted octanol–water partition coefficient (Wildman–Crippen LogP) is 6.70. The molecule has 4 nitrogen and oxygen atoms in total. The van der Waals surface area contributed by atoms with Crippen molar-refractivity contribution in [2.24, 2.45) is 0 Å². The van der Waals surface area contributed by atoms with Crippen LogP contribution in [0.4, 0.5) is 5.69 Å². The van der Waals surface area contributed by atoms with E-state index < -0.39 is 0 Å². The van der Waals surface area contributed by atoms with Gasteiger partial charge >= 0.3 is 0 Å². The van der Waals surface area contributed by atoms with Gasteiger partial charge in [0.25, 0.3) is 5.91 Å². The summed E-state index contributed by atoms with van der Waals surface area (Å²) in [5.41, 5.74) is 4.56. The van der Waals surface area contributed by atoms with Crippen molar-refractivity contribution in [1.82, 2.24) is 4.98 Å². The lowest BCUT2D eigenvalue weighted by Crippen LogP contribution is -2.13.